The van der Waals surface area contributed by atoms with Gasteiger partial charge in [0.05, 0.1) is 10.6 Å². The summed E-state index contributed by atoms with van der Waals surface area (Å²) < 4.78 is 0. The van der Waals surface area contributed by atoms with Crippen LogP contribution >= 0.6 is 22.7 Å². The Labute approximate surface area is 179 Å². The molecular weight excluding hydrogens is 400 g/mol. The number of carbonyl (C=O) groups excluding carboxylic acids is 1. The molecule has 1 N–H and O–H groups in total. The van der Waals surface area contributed by atoms with Gasteiger partial charge in [-0.3, -0.25) is 9.69 Å². The average molecular weight is 427 g/mol. The molecule has 1 aliphatic heterocycles. The summed E-state index contributed by atoms with van der Waals surface area (Å²) in [5.74, 6) is 1.49. The van der Waals surface area contributed by atoms with E-state index in [1.54, 1.807) is 0 Å². The van der Waals surface area contributed by atoms with Crippen LogP contribution in [0.15, 0.2) is 11.4 Å². The van der Waals surface area contributed by atoms with Crippen LogP contribution in [-0.2, 0) is 13.0 Å². The lowest BCUT2D eigenvalue weighted by Crippen LogP contribution is -2.44. The molecule has 0 bridgehead atoms. The number of thiophene rings is 2. The molecule has 0 radical (unpaired) electrons. The zero-order valence-corrected chi connectivity index (χ0v) is 18.8. The zero-order valence-electron chi connectivity index (χ0n) is 17.1. The van der Waals surface area contributed by atoms with Crippen molar-refractivity contribution in [1.29, 1.82) is 0 Å². The van der Waals surface area contributed by atoms with Gasteiger partial charge in [-0.25, -0.2) is 9.97 Å². The van der Waals surface area contributed by atoms with Gasteiger partial charge in [0.2, 0.25) is 0 Å². The quantitative estimate of drug-likeness (QED) is 0.656. The standard InChI is InChI=1S/C22H26N4OS2/c1-12(26-8-6-17-16(11-26)7-9-28-17)10-23-21(27)19-13(2)18-14(3)24-20(15-4-5-15)25-22(18)29-19/h7,9,12,15H,4-6,8,10-11H2,1-3H3,(H,23,27). The first-order valence-corrected chi connectivity index (χ1v) is 12.1. The Balaban J connectivity index is 1.29. The molecule has 1 amide bonds. The fourth-order valence-electron chi connectivity index (χ4n) is 4.20. The van der Waals surface area contributed by atoms with Crippen molar-refractivity contribution >= 4 is 38.8 Å². The molecule has 4 heterocycles. The van der Waals surface area contributed by atoms with E-state index in [0.717, 1.165) is 51.7 Å². The number of hydrogen-bond donors (Lipinski definition) is 1. The lowest BCUT2D eigenvalue weighted by molar-refractivity contribution is 0.0936. The minimum absolute atomic E-state index is 0.0120. The summed E-state index contributed by atoms with van der Waals surface area (Å²) in [6.07, 6.45) is 3.48. The van der Waals surface area contributed by atoms with Gasteiger partial charge < -0.3 is 5.32 Å². The van der Waals surface area contributed by atoms with E-state index in [-0.39, 0.29) is 5.91 Å². The maximum Gasteiger partial charge on any atom is 0.261 e. The summed E-state index contributed by atoms with van der Waals surface area (Å²) in [5.41, 5.74) is 3.45. The van der Waals surface area contributed by atoms with Gasteiger partial charge in [0.15, 0.2) is 0 Å². The number of aryl methyl sites for hydroxylation is 2. The first kappa shape index (κ1) is 19.2. The summed E-state index contributed by atoms with van der Waals surface area (Å²) >= 11 is 3.37. The lowest BCUT2D eigenvalue weighted by Gasteiger charge is -2.32. The Bertz CT molecular complexity index is 1080. The third kappa shape index (κ3) is 3.60. The van der Waals surface area contributed by atoms with E-state index in [2.05, 4.69) is 28.6 Å². The lowest BCUT2D eigenvalue weighted by atomic mass is 10.1. The minimum atomic E-state index is 0.0120. The molecule has 5 nitrogen and oxygen atoms in total. The van der Waals surface area contributed by atoms with Gasteiger partial charge in [-0.15, -0.1) is 22.7 Å². The highest BCUT2D eigenvalue weighted by Gasteiger charge is 2.29. The molecule has 0 aromatic carbocycles. The van der Waals surface area contributed by atoms with E-state index in [1.165, 1.54) is 34.6 Å². The highest BCUT2D eigenvalue weighted by Crippen LogP contribution is 2.40. The zero-order chi connectivity index (χ0) is 20.1. The molecule has 2 aliphatic rings. The van der Waals surface area contributed by atoms with Crippen molar-refractivity contribution in [3.63, 3.8) is 0 Å². The van der Waals surface area contributed by atoms with E-state index in [4.69, 9.17) is 9.97 Å². The number of fused-ring (bicyclic) bond motifs is 2. The van der Waals surface area contributed by atoms with E-state index in [0.29, 0.717) is 18.5 Å². The largest absolute Gasteiger partial charge is 0.350 e. The highest BCUT2D eigenvalue weighted by atomic mass is 32.1. The highest BCUT2D eigenvalue weighted by molar-refractivity contribution is 7.20. The van der Waals surface area contributed by atoms with E-state index in [9.17, 15) is 4.79 Å². The predicted octanol–water partition coefficient (Wildman–Crippen LogP) is 4.42. The Morgan fingerprint density at radius 3 is 2.97 bits per heavy atom. The third-order valence-electron chi connectivity index (χ3n) is 6.16. The van der Waals surface area contributed by atoms with Crippen LogP contribution in [0.3, 0.4) is 0 Å². The predicted molar refractivity (Wildman–Crippen MR) is 119 cm³/mol. The van der Waals surface area contributed by atoms with Crippen molar-refractivity contribution in [3.05, 3.63) is 43.8 Å². The first-order chi connectivity index (χ1) is 14.0. The normalized spacial score (nSPS) is 18.0. The van der Waals surface area contributed by atoms with E-state index in [1.807, 2.05) is 25.2 Å². The van der Waals surface area contributed by atoms with Gasteiger partial charge in [0.1, 0.15) is 10.7 Å². The molecule has 1 atom stereocenters. The van der Waals surface area contributed by atoms with Crippen LogP contribution in [0.4, 0.5) is 0 Å². The molecule has 1 unspecified atom stereocenters. The topological polar surface area (TPSA) is 58.1 Å². The van der Waals surface area contributed by atoms with Crippen molar-refractivity contribution in [1.82, 2.24) is 20.2 Å². The molecule has 1 aliphatic carbocycles. The summed E-state index contributed by atoms with van der Waals surface area (Å²) in [6.45, 7) is 8.96. The Morgan fingerprint density at radius 1 is 1.34 bits per heavy atom. The summed E-state index contributed by atoms with van der Waals surface area (Å²) in [5, 5.41) is 6.41. The maximum absolute atomic E-state index is 13.0. The van der Waals surface area contributed by atoms with Gasteiger partial charge in [0, 0.05) is 41.9 Å². The molecule has 1 fully saturated rings. The smallest absolute Gasteiger partial charge is 0.261 e. The maximum atomic E-state index is 13.0. The Hall–Kier alpha value is -1.83. The summed E-state index contributed by atoms with van der Waals surface area (Å²) in [7, 11) is 0. The molecule has 7 heteroatoms. The molecular formula is C22H26N4OS2. The fraction of sp³-hybridized carbons (Fsp3) is 0.500. The molecule has 3 aromatic heterocycles. The monoisotopic (exact) mass is 426 g/mol. The van der Waals surface area contributed by atoms with Crippen LogP contribution in [0, 0.1) is 13.8 Å². The van der Waals surface area contributed by atoms with E-state index >= 15 is 0 Å². The van der Waals surface area contributed by atoms with Crippen LogP contribution < -0.4 is 5.32 Å². The Morgan fingerprint density at radius 2 is 2.17 bits per heavy atom. The molecule has 152 valence electrons. The molecule has 29 heavy (non-hydrogen) atoms. The van der Waals surface area contributed by atoms with Crippen LogP contribution in [0.5, 0.6) is 0 Å². The average Bonchev–Trinajstić information content (AvgIpc) is 3.36. The van der Waals surface area contributed by atoms with Crippen LogP contribution in [0.25, 0.3) is 10.2 Å². The number of aromatic nitrogens is 2. The Kier molecular flexibility index (Phi) is 4.92. The molecule has 3 aromatic rings. The second-order valence-electron chi connectivity index (χ2n) is 8.33. The van der Waals surface area contributed by atoms with E-state index < -0.39 is 0 Å². The van der Waals surface area contributed by atoms with Gasteiger partial charge >= 0.3 is 0 Å². The van der Waals surface area contributed by atoms with Crippen molar-refractivity contribution in [2.24, 2.45) is 0 Å². The minimum Gasteiger partial charge on any atom is -0.350 e. The molecule has 0 saturated heterocycles. The van der Waals surface area contributed by atoms with Crippen molar-refractivity contribution < 1.29 is 4.79 Å². The van der Waals surface area contributed by atoms with Crippen LogP contribution in [0.2, 0.25) is 0 Å². The number of hydrogen-bond acceptors (Lipinski definition) is 6. The van der Waals surface area contributed by atoms with Gasteiger partial charge in [-0.2, -0.15) is 0 Å². The molecule has 1 saturated carbocycles. The number of amides is 1. The summed E-state index contributed by atoms with van der Waals surface area (Å²) in [6, 6.07) is 2.54. The van der Waals surface area contributed by atoms with Crippen molar-refractivity contribution in [2.75, 3.05) is 13.1 Å². The van der Waals surface area contributed by atoms with Crippen molar-refractivity contribution in [3.8, 4) is 0 Å². The number of nitrogens with zero attached hydrogens (tertiary/aromatic N) is 3. The SMILES string of the molecule is Cc1nc(C2CC2)nc2sc(C(=O)NCC(C)N3CCc4sccc4C3)c(C)c12. The van der Waals surface area contributed by atoms with Gasteiger partial charge in [-0.1, -0.05) is 0 Å². The van der Waals surface area contributed by atoms with Gasteiger partial charge in [0.25, 0.3) is 5.91 Å². The van der Waals surface area contributed by atoms with Gasteiger partial charge in [-0.05, 0) is 62.6 Å². The third-order valence-corrected chi connectivity index (χ3v) is 8.36. The molecule has 0 spiro atoms. The first-order valence-electron chi connectivity index (χ1n) is 10.4. The van der Waals surface area contributed by atoms with Crippen molar-refractivity contribution in [2.45, 2.75) is 58.5 Å². The van der Waals surface area contributed by atoms with Crippen LogP contribution in [-0.4, -0.2) is 39.9 Å². The second kappa shape index (κ2) is 7.45. The van der Waals surface area contributed by atoms with Crippen LogP contribution in [0.1, 0.15) is 62.9 Å². The second-order valence-corrected chi connectivity index (χ2v) is 10.3. The fourth-order valence-corrected chi connectivity index (χ4v) is 6.24. The number of rotatable bonds is 5. The number of carbonyl (C=O) groups is 1. The molecule has 5 rings (SSSR count). The number of nitrogens with one attached hydrogen (secondary N) is 1. The summed E-state index contributed by atoms with van der Waals surface area (Å²) in [4.78, 5) is 28.1.